The van der Waals surface area contributed by atoms with Crippen LogP contribution in [0.2, 0.25) is 0 Å². The second-order valence-corrected chi connectivity index (χ2v) is 4.86. The molecule has 0 saturated heterocycles. The summed E-state index contributed by atoms with van der Waals surface area (Å²) >= 11 is 0.567. The monoisotopic (exact) mass is 236 g/mol. The highest BCUT2D eigenvalue weighted by molar-refractivity contribution is 8.03. The fourth-order valence-electron chi connectivity index (χ4n) is 0.859. The second-order valence-electron chi connectivity index (χ2n) is 3.20. The number of rotatable bonds is 6. The topological polar surface area (TPSA) is 127 Å². The summed E-state index contributed by atoms with van der Waals surface area (Å²) in [6.45, 7) is 3.14. The standard InChI is InChI=1S/C8H16N2O4S/c1-3-7(9,5(11)12)15-8(10,4-2)6(13)14/h3-4,9-10H2,1-2H3,(H,11,12)(H,13,14). The summed E-state index contributed by atoms with van der Waals surface area (Å²) in [5.41, 5.74) is 11.1. The third-order valence-corrected chi connectivity index (χ3v) is 3.79. The molecule has 6 nitrogen and oxygen atoms in total. The molecular formula is C8H16N2O4S. The van der Waals surface area contributed by atoms with Gasteiger partial charge in [0.1, 0.15) is 0 Å². The highest BCUT2D eigenvalue weighted by Crippen LogP contribution is 2.35. The molecular weight excluding hydrogens is 220 g/mol. The van der Waals surface area contributed by atoms with Crippen LogP contribution in [0.15, 0.2) is 0 Å². The number of carboxylic acids is 2. The number of nitrogens with two attached hydrogens (primary N) is 2. The van der Waals surface area contributed by atoms with Crippen molar-refractivity contribution in [1.82, 2.24) is 0 Å². The van der Waals surface area contributed by atoms with Crippen molar-refractivity contribution in [3.8, 4) is 0 Å². The Morgan fingerprint density at radius 1 is 1.07 bits per heavy atom. The Morgan fingerprint density at radius 2 is 1.33 bits per heavy atom. The molecule has 0 saturated carbocycles. The summed E-state index contributed by atoms with van der Waals surface area (Å²) in [6.07, 6.45) is 0.193. The molecule has 0 aromatic heterocycles. The smallest absolute Gasteiger partial charge is 0.334 e. The van der Waals surface area contributed by atoms with Crippen LogP contribution in [0.1, 0.15) is 26.7 Å². The number of hydrogen-bond donors (Lipinski definition) is 4. The Bertz CT molecular complexity index is 247. The first-order valence-corrected chi connectivity index (χ1v) is 5.28. The quantitative estimate of drug-likeness (QED) is 0.479. The van der Waals surface area contributed by atoms with Crippen molar-refractivity contribution in [3.63, 3.8) is 0 Å². The normalized spacial score (nSPS) is 18.9. The van der Waals surface area contributed by atoms with E-state index in [9.17, 15) is 9.59 Å². The maximum atomic E-state index is 10.9. The lowest BCUT2D eigenvalue weighted by Crippen LogP contribution is -2.54. The van der Waals surface area contributed by atoms with Crippen LogP contribution in [-0.4, -0.2) is 31.9 Å². The molecule has 2 atom stereocenters. The van der Waals surface area contributed by atoms with Crippen molar-refractivity contribution in [2.24, 2.45) is 11.5 Å². The summed E-state index contributed by atoms with van der Waals surface area (Å²) in [5, 5.41) is 17.8. The minimum atomic E-state index is -1.66. The van der Waals surface area contributed by atoms with E-state index in [0.717, 1.165) is 0 Å². The number of carbonyl (C=O) groups is 2. The van der Waals surface area contributed by atoms with Crippen LogP contribution in [0.25, 0.3) is 0 Å². The number of hydrogen-bond acceptors (Lipinski definition) is 5. The van der Waals surface area contributed by atoms with E-state index in [-0.39, 0.29) is 12.8 Å². The molecule has 7 heteroatoms. The summed E-state index contributed by atoms with van der Waals surface area (Å²) in [5.74, 6) is -2.53. The highest BCUT2D eigenvalue weighted by Gasteiger charge is 2.45. The minimum absolute atomic E-state index is 0.0965. The van der Waals surface area contributed by atoms with E-state index < -0.39 is 21.7 Å². The zero-order chi connectivity index (χ0) is 12.3. The molecule has 0 heterocycles. The molecule has 6 N–H and O–H groups in total. The van der Waals surface area contributed by atoms with Gasteiger partial charge in [-0.2, -0.15) is 0 Å². The Hall–Kier alpha value is -0.790. The van der Waals surface area contributed by atoms with E-state index in [2.05, 4.69) is 0 Å². The van der Waals surface area contributed by atoms with Crippen molar-refractivity contribution >= 4 is 23.7 Å². The molecule has 15 heavy (non-hydrogen) atoms. The van der Waals surface area contributed by atoms with Crippen molar-refractivity contribution in [2.75, 3.05) is 0 Å². The van der Waals surface area contributed by atoms with Crippen molar-refractivity contribution in [2.45, 2.75) is 36.4 Å². The van der Waals surface area contributed by atoms with Crippen LogP contribution < -0.4 is 11.5 Å². The van der Waals surface area contributed by atoms with Crippen LogP contribution in [0, 0.1) is 0 Å². The lowest BCUT2D eigenvalue weighted by molar-refractivity contribution is -0.140. The van der Waals surface area contributed by atoms with Crippen LogP contribution >= 0.6 is 11.8 Å². The Labute approximate surface area is 92.0 Å². The van der Waals surface area contributed by atoms with Crippen molar-refractivity contribution < 1.29 is 19.8 Å². The summed E-state index contributed by atoms with van der Waals surface area (Å²) in [7, 11) is 0. The predicted octanol–water partition coefficient (Wildman–Crippen LogP) is 0.0188. The molecule has 0 aromatic carbocycles. The largest absolute Gasteiger partial charge is 0.479 e. The fraction of sp³-hybridized carbons (Fsp3) is 0.750. The number of thioether (sulfide) groups is 1. The molecule has 0 aliphatic rings. The zero-order valence-electron chi connectivity index (χ0n) is 8.69. The van der Waals surface area contributed by atoms with Gasteiger partial charge in [0.2, 0.25) is 0 Å². The van der Waals surface area contributed by atoms with E-state index in [0.29, 0.717) is 11.8 Å². The SMILES string of the molecule is CCC(N)(SC(N)(CC)C(=O)O)C(=O)O. The summed E-state index contributed by atoms with van der Waals surface area (Å²) in [6, 6.07) is 0. The molecule has 0 spiro atoms. The third kappa shape index (κ3) is 3.08. The van der Waals surface area contributed by atoms with Gasteiger partial charge in [-0.1, -0.05) is 25.6 Å². The Kier molecular flexibility index (Phi) is 4.57. The van der Waals surface area contributed by atoms with Gasteiger partial charge in [0, 0.05) is 0 Å². The summed E-state index contributed by atoms with van der Waals surface area (Å²) in [4.78, 5) is 18.4. The van der Waals surface area contributed by atoms with Crippen LogP contribution in [0.3, 0.4) is 0 Å². The van der Waals surface area contributed by atoms with Gasteiger partial charge < -0.3 is 21.7 Å². The van der Waals surface area contributed by atoms with Crippen molar-refractivity contribution in [1.29, 1.82) is 0 Å². The van der Waals surface area contributed by atoms with Crippen LogP contribution in [0.5, 0.6) is 0 Å². The highest BCUT2D eigenvalue weighted by atomic mass is 32.2. The Balaban J connectivity index is 4.95. The van der Waals surface area contributed by atoms with Crippen molar-refractivity contribution in [3.05, 3.63) is 0 Å². The van der Waals surface area contributed by atoms with Gasteiger partial charge in [-0.05, 0) is 12.8 Å². The second kappa shape index (κ2) is 4.82. The van der Waals surface area contributed by atoms with Crippen LogP contribution in [-0.2, 0) is 9.59 Å². The lowest BCUT2D eigenvalue weighted by atomic mass is 10.2. The molecule has 0 aliphatic heterocycles. The number of aliphatic carboxylic acids is 2. The molecule has 88 valence electrons. The first-order chi connectivity index (χ1) is 6.72. The molecule has 2 unspecified atom stereocenters. The van der Waals surface area contributed by atoms with Gasteiger partial charge in [-0.3, -0.25) is 0 Å². The molecule has 0 aliphatic carbocycles. The van der Waals surface area contributed by atoms with Gasteiger partial charge >= 0.3 is 11.9 Å². The fourth-order valence-corrected chi connectivity index (χ4v) is 1.97. The molecule has 0 amide bonds. The van der Waals surface area contributed by atoms with Gasteiger partial charge in [-0.25, -0.2) is 9.59 Å². The number of carboxylic acid groups (broad SMARTS) is 2. The Morgan fingerprint density at radius 3 is 1.47 bits per heavy atom. The zero-order valence-corrected chi connectivity index (χ0v) is 9.50. The minimum Gasteiger partial charge on any atom is -0.479 e. The maximum Gasteiger partial charge on any atom is 0.334 e. The molecule has 0 rings (SSSR count). The van der Waals surface area contributed by atoms with E-state index in [1.165, 1.54) is 0 Å². The first-order valence-electron chi connectivity index (χ1n) is 4.46. The van der Waals surface area contributed by atoms with Gasteiger partial charge in [0.25, 0.3) is 0 Å². The average molecular weight is 236 g/mol. The molecule has 0 aromatic rings. The van der Waals surface area contributed by atoms with E-state index in [1.807, 2.05) is 0 Å². The lowest BCUT2D eigenvalue weighted by Gasteiger charge is -2.31. The van der Waals surface area contributed by atoms with E-state index in [4.69, 9.17) is 21.7 Å². The van der Waals surface area contributed by atoms with Crippen LogP contribution in [0.4, 0.5) is 0 Å². The predicted molar refractivity (Wildman–Crippen MR) is 57.3 cm³/mol. The molecule has 0 radical (unpaired) electrons. The van der Waals surface area contributed by atoms with Gasteiger partial charge in [0.05, 0.1) is 0 Å². The van der Waals surface area contributed by atoms with Gasteiger partial charge in [-0.15, -0.1) is 0 Å². The van der Waals surface area contributed by atoms with E-state index in [1.54, 1.807) is 13.8 Å². The first kappa shape index (κ1) is 14.2. The van der Waals surface area contributed by atoms with Gasteiger partial charge in [0.15, 0.2) is 9.74 Å². The average Bonchev–Trinajstić information content (AvgIpc) is 2.16. The molecule has 0 bridgehead atoms. The summed E-state index contributed by atoms with van der Waals surface area (Å²) < 4.78 is 0. The third-order valence-electron chi connectivity index (χ3n) is 2.14. The maximum absolute atomic E-state index is 10.9. The molecule has 0 fully saturated rings. The van der Waals surface area contributed by atoms with E-state index >= 15 is 0 Å².